The highest BCUT2D eigenvalue weighted by Gasteiger charge is 2.43. The minimum absolute atomic E-state index is 0.200. The Hall–Kier alpha value is -2.53. The molecule has 0 spiro atoms. The first-order valence-corrected chi connectivity index (χ1v) is 12.9. The number of fused-ring (bicyclic) bond motifs is 1. The highest BCUT2D eigenvalue weighted by molar-refractivity contribution is 7.99. The molecule has 2 saturated carbocycles. The van der Waals surface area contributed by atoms with E-state index in [1.807, 2.05) is 18.2 Å². The van der Waals surface area contributed by atoms with Gasteiger partial charge in [0.15, 0.2) is 22.1 Å². The molecule has 5 N–H and O–H groups in total. The number of hydrogen-bond acceptors (Lipinski definition) is 9. The summed E-state index contributed by atoms with van der Waals surface area (Å²) in [6.45, 7) is 2.51. The van der Waals surface area contributed by atoms with Crippen LogP contribution >= 0.6 is 11.8 Å². The zero-order valence-corrected chi connectivity index (χ0v) is 20.0. The molecule has 2 aliphatic carbocycles. The molecule has 6 atom stereocenters. The van der Waals surface area contributed by atoms with Crippen LogP contribution in [0.3, 0.4) is 0 Å². The van der Waals surface area contributed by atoms with Gasteiger partial charge in [0.1, 0.15) is 6.10 Å². The van der Waals surface area contributed by atoms with Crippen LogP contribution in [-0.4, -0.2) is 65.7 Å². The third-order valence-corrected chi connectivity index (χ3v) is 7.66. The molecule has 10 heteroatoms. The molecule has 0 radical (unpaired) electrons. The number of thioether (sulfide) groups is 1. The Morgan fingerprint density at radius 3 is 2.76 bits per heavy atom. The van der Waals surface area contributed by atoms with Crippen molar-refractivity contribution in [1.82, 2.24) is 25.0 Å². The second kappa shape index (κ2) is 9.99. The molecule has 0 bridgehead atoms. The lowest BCUT2D eigenvalue weighted by Crippen LogP contribution is -2.29. The second-order valence-corrected chi connectivity index (χ2v) is 10.1. The van der Waals surface area contributed by atoms with E-state index in [0.29, 0.717) is 41.0 Å². The van der Waals surface area contributed by atoms with Gasteiger partial charge in [0, 0.05) is 30.2 Å². The van der Waals surface area contributed by atoms with E-state index in [1.54, 1.807) is 16.4 Å². The molecular formula is C24H31N7O2S. The monoisotopic (exact) mass is 481 g/mol. The average molecular weight is 482 g/mol. The first-order chi connectivity index (χ1) is 16.6. The van der Waals surface area contributed by atoms with Crippen LogP contribution in [0.15, 0.2) is 47.6 Å². The van der Waals surface area contributed by atoms with Crippen LogP contribution < -0.4 is 11.1 Å². The minimum Gasteiger partial charge on any atom is -0.390 e. The van der Waals surface area contributed by atoms with Gasteiger partial charge in [-0.3, -0.25) is 0 Å². The maximum absolute atomic E-state index is 10.8. The SMILES string of the molecule is CCCSc1nc(NC2CC2c2ccccc2)c2nnn([C@H]3C[C@@H](/C=C/CN)[C@H](O)[C@@H]3O)c2n1. The Balaban J connectivity index is 1.45. The maximum Gasteiger partial charge on any atom is 0.191 e. The van der Waals surface area contributed by atoms with Gasteiger partial charge in [-0.05, 0) is 24.8 Å². The van der Waals surface area contributed by atoms with Gasteiger partial charge in [-0.25, -0.2) is 14.6 Å². The van der Waals surface area contributed by atoms with Gasteiger partial charge in [-0.15, -0.1) is 5.10 Å². The number of aliphatic hydroxyl groups is 2. The molecule has 0 amide bonds. The molecule has 34 heavy (non-hydrogen) atoms. The lowest BCUT2D eigenvalue weighted by Gasteiger charge is -2.17. The van der Waals surface area contributed by atoms with Crippen molar-refractivity contribution in [2.24, 2.45) is 11.7 Å². The van der Waals surface area contributed by atoms with E-state index >= 15 is 0 Å². The molecule has 2 aromatic heterocycles. The van der Waals surface area contributed by atoms with Crippen molar-refractivity contribution in [3.8, 4) is 0 Å². The molecule has 2 fully saturated rings. The summed E-state index contributed by atoms with van der Waals surface area (Å²) in [5.74, 6) is 1.81. The molecule has 0 saturated heterocycles. The lowest BCUT2D eigenvalue weighted by molar-refractivity contribution is 0.0116. The summed E-state index contributed by atoms with van der Waals surface area (Å²) in [5, 5.41) is 34.3. The van der Waals surface area contributed by atoms with Crippen LogP contribution in [0.4, 0.5) is 5.82 Å². The predicted molar refractivity (Wildman–Crippen MR) is 133 cm³/mol. The van der Waals surface area contributed by atoms with Crippen LogP contribution in [0.1, 0.15) is 43.7 Å². The summed E-state index contributed by atoms with van der Waals surface area (Å²) in [7, 11) is 0. The van der Waals surface area contributed by atoms with E-state index in [2.05, 4.69) is 46.8 Å². The van der Waals surface area contributed by atoms with Crippen LogP contribution in [-0.2, 0) is 0 Å². The molecule has 2 aliphatic rings. The standard InChI is InChI=1S/C24H31N7O2S/c1-2-11-34-24-27-22(26-17-13-16(17)14-7-4-3-5-8-14)19-23(28-24)31(30-29-19)18-12-15(9-6-10-25)20(32)21(18)33/h3-9,15-18,20-21,32-33H,2,10-13,25H2,1H3,(H,26,27,28)/b9-6+/t15-,16?,17?,18+,20+,21-/m1/s1. The summed E-state index contributed by atoms with van der Waals surface area (Å²) < 4.78 is 1.66. The Bertz CT molecular complexity index is 1150. The van der Waals surface area contributed by atoms with Gasteiger partial charge < -0.3 is 21.3 Å². The van der Waals surface area contributed by atoms with E-state index in [9.17, 15) is 10.2 Å². The van der Waals surface area contributed by atoms with Crippen molar-refractivity contribution in [2.45, 2.75) is 61.6 Å². The number of aliphatic hydroxyl groups excluding tert-OH is 2. The first-order valence-electron chi connectivity index (χ1n) is 11.9. The Morgan fingerprint density at radius 2 is 2.00 bits per heavy atom. The summed E-state index contributed by atoms with van der Waals surface area (Å²) in [5.41, 5.74) is 8.05. The summed E-state index contributed by atoms with van der Waals surface area (Å²) in [6.07, 6.45) is 4.39. The number of anilines is 1. The van der Waals surface area contributed by atoms with Gasteiger partial charge in [-0.2, -0.15) is 0 Å². The van der Waals surface area contributed by atoms with Crippen molar-refractivity contribution < 1.29 is 10.2 Å². The van der Waals surface area contributed by atoms with Gasteiger partial charge >= 0.3 is 0 Å². The molecule has 0 aliphatic heterocycles. The number of rotatable bonds is 9. The highest BCUT2D eigenvalue weighted by Crippen LogP contribution is 2.43. The molecule has 180 valence electrons. The highest BCUT2D eigenvalue weighted by atomic mass is 32.2. The number of nitrogens with two attached hydrogens (primary N) is 1. The molecule has 1 aromatic carbocycles. The number of aromatic nitrogens is 5. The molecule has 5 rings (SSSR count). The number of nitrogens with zero attached hydrogens (tertiary/aromatic N) is 5. The summed E-state index contributed by atoms with van der Waals surface area (Å²) in [4.78, 5) is 9.51. The van der Waals surface area contributed by atoms with E-state index in [-0.39, 0.29) is 12.0 Å². The third kappa shape index (κ3) is 4.55. The Labute approximate surface area is 202 Å². The van der Waals surface area contributed by atoms with Gasteiger partial charge in [0.2, 0.25) is 0 Å². The molecule has 9 nitrogen and oxygen atoms in total. The van der Waals surface area contributed by atoms with E-state index in [1.165, 1.54) is 5.56 Å². The normalized spacial score (nSPS) is 28.7. The largest absolute Gasteiger partial charge is 0.390 e. The lowest BCUT2D eigenvalue weighted by atomic mass is 10.1. The minimum atomic E-state index is -0.971. The predicted octanol–water partition coefficient (Wildman–Crippen LogP) is 2.49. The van der Waals surface area contributed by atoms with Crippen molar-refractivity contribution in [3.63, 3.8) is 0 Å². The first kappa shape index (κ1) is 23.2. The quantitative estimate of drug-likeness (QED) is 0.206. The zero-order chi connectivity index (χ0) is 23.7. The van der Waals surface area contributed by atoms with Gasteiger partial charge in [-0.1, -0.05) is 66.4 Å². The topological polar surface area (TPSA) is 135 Å². The molecular weight excluding hydrogens is 450 g/mol. The van der Waals surface area contributed by atoms with Crippen molar-refractivity contribution in [1.29, 1.82) is 0 Å². The van der Waals surface area contributed by atoms with Gasteiger partial charge in [0.25, 0.3) is 0 Å². The van der Waals surface area contributed by atoms with Crippen molar-refractivity contribution >= 4 is 28.7 Å². The number of benzene rings is 1. The fourth-order valence-corrected chi connectivity index (χ4v) is 5.41. The number of nitrogens with one attached hydrogen (secondary N) is 1. The Morgan fingerprint density at radius 1 is 1.18 bits per heavy atom. The van der Waals surface area contributed by atoms with Crippen LogP contribution in [0.25, 0.3) is 11.2 Å². The maximum atomic E-state index is 10.8. The van der Waals surface area contributed by atoms with Crippen LogP contribution in [0.5, 0.6) is 0 Å². The fraction of sp³-hybridized carbons (Fsp3) is 0.500. The molecule has 3 aromatic rings. The fourth-order valence-electron chi connectivity index (χ4n) is 4.72. The third-order valence-electron chi connectivity index (χ3n) is 6.61. The van der Waals surface area contributed by atoms with E-state index < -0.39 is 18.2 Å². The summed E-state index contributed by atoms with van der Waals surface area (Å²) >= 11 is 1.59. The van der Waals surface area contributed by atoms with E-state index in [0.717, 1.165) is 18.6 Å². The van der Waals surface area contributed by atoms with Crippen molar-refractivity contribution in [2.75, 3.05) is 17.6 Å². The van der Waals surface area contributed by atoms with Crippen LogP contribution in [0.2, 0.25) is 0 Å². The zero-order valence-electron chi connectivity index (χ0n) is 19.2. The van der Waals surface area contributed by atoms with Crippen molar-refractivity contribution in [3.05, 3.63) is 48.0 Å². The summed E-state index contributed by atoms with van der Waals surface area (Å²) in [6, 6.07) is 10.3. The molecule has 2 heterocycles. The number of hydrogen-bond donors (Lipinski definition) is 4. The average Bonchev–Trinajstić information content (AvgIpc) is 3.41. The van der Waals surface area contributed by atoms with Crippen LogP contribution in [0, 0.1) is 5.92 Å². The molecule has 2 unspecified atom stereocenters. The second-order valence-electron chi connectivity index (χ2n) is 9.03. The van der Waals surface area contributed by atoms with E-state index in [4.69, 9.17) is 15.7 Å². The van der Waals surface area contributed by atoms with Gasteiger partial charge in [0.05, 0.1) is 12.1 Å². The smallest absolute Gasteiger partial charge is 0.191 e. The Kier molecular flexibility index (Phi) is 6.82.